The second-order valence-corrected chi connectivity index (χ2v) is 8.90. The summed E-state index contributed by atoms with van der Waals surface area (Å²) in [6.45, 7) is 2.06. The number of hydrogen-bond acceptors (Lipinski definition) is 5. The van der Waals surface area contributed by atoms with Crippen molar-refractivity contribution in [3.63, 3.8) is 0 Å². The first-order chi connectivity index (χ1) is 14.5. The summed E-state index contributed by atoms with van der Waals surface area (Å²) in [4.78, 5) is 29.6. The summed E-state index contributed by atoms with van der Waals surface area (Å²) in [6, 6.07) is 14.9. The lowest BCUT2D eigenvalue weighted by Gasteiger charge is -2.07. The van der Waals surface area contributed by atoms with Gasteiger partial charge in [-0.05, 0) is 36.8 Å². The van der Waals surface area contributed by atoms with Gasteiger partial charge in [-0.25, -0.2) is 4.98 Å². The van der Waals surface area contributed by atoms with Crippen molar-refractivity contribution in [2.75, 3.05) is 16.4 Å². The summed E-state index contributed by atoms with van der Waals surface area (Å²) in [7, 11) is 0. The molecule has 0 bridgehead atoms. The number of thiazole rings is 1. The number of rotatable bonds is 9. The lowest BCUT2D eigenvalue weighted by Crippen LogP contribution is -2.14. The fourth-order valence-corrected chi connectivity index (χ4v) is 4.23. The molecule has 1 heterocycles. The Kier molecular flexibility index (Phi) is 8.30. The van der Waals surface area contributed by atoms with Gasteiger partial charge in [-0.15, -0.1) is 23.1 Å². The van der Waals surface area contributed by atoms with Crippen molar-refractivity contribution >= 4 is 57.3 Å². The largest absolute Gasteiger partial charge is 0.326 e. The molecule has 0 fully saturated rings. The standard InChI is InChI=1S/C22H22ClN3O2S2/c1-2-3-7-20(27)24-17-5-4-6-18(12-17)29-14-21(28)26-22-25-19(13-30-22)15-8-10-16(23)11-9-15/h4-6,8-13H,2-3,7,14H2,1H3,(H,24,27)(H,25,26,28). The van der Waals surface area contributed by atoms with Gasteiger partial charge in [0.05, 0.1) is 11.4 Å². The van der Waals surface area contributed by atoms with E-state index in [0.717, 1.165) is 34.7 Å². The third-order valence-electron chi connectivity index (χ3n) is 4.14. The fourth-order valence-electron chi connectivity index (χ4n) is 2.61. The predicted octanol–water partition coefficient (Wildman–Crippen LogP) is 6.32. The van der Waals surface area contributed by atoms with Gasteiger partial charge >= 0.3 is 0 Å². The van der Waals surface area contributed by atoms with Crippen LogP contribution in [0.5, 0.6) is 0 Å². The first-order valence-electron chi connectivity index (χ1n) is 9.57. The van der Waals surface area contributed by atoms with E-state index in [1.807, 2.05) is 53.9 Å². The van der Waals surface area contributed by atoms with Crippen LogP contribution in [0, 0.1) is 0 Å². The van der Waals surface area contributed by atoms with Gasteiger partial charge in [-0.2, -0.15) is 0 Å². The molecule has 30 heavy (non-hydrogen) atoms. The first-order valence-corrected chi connectivity index (χ1v) is 11.8. The number of carbonyl (C=O) groups is 2. The van der Waals surface area contributed by atoms with Crippen molar-refractivity contribution in [3.8, 4) is 11.3 Å². The predicted molar refractivity (Wildman–Crippen MR) is 127 cm³/mol. The van der Waals surface area contributed by atoms with Crippen LogP contribution >= 0.6 is 34.7 Å². The van der Waals surface area contributed by atoms with Crippen LogP contribution in [0.3, 0.4) is 0 Å². The van der Waals surface area contributed by atoms with Gasteiger partial charge in [-0.1, -0.05) is 43.1 Å². The Labute approximate surface area is 189 Å². The molecule has 3 aromatic rings. The highest BCUT2D eigenvalue weighted by atomic mass is 35.5. The summed E-state index contributed by atoms with van der Waals surface area (Å²) in [5, 5.41) is 8.86. The van der Waals surface area contributed by atoms with Crippen molar-refractivity contribution in [2.45, 2.75) is 31.1 Å². The Hall–Kier alpha value is -2.35. The van der Waals surface area contributed by atoms with Crippen LogP contribution in [-0.4, -0.2) is 22.6 Å². The number of carbonyl (C=O) groups excluding carboxylic acids is 2. The molecular weight excluding hydrogens is 438 g/mol. The van der Waals surface area contributed by atoms with Crippen LogP contribution in [0.1, 0.15) is 26.2 Å². The molecule has 0 aliphatic carbocycles. The molecule has 2 amide bonds. The van der Waals surface area contributed by atoms with Gasteiger partial charge in [0.2, 0.25) is 11.8 Å². The van der Waals surface area contributed by atoms with Gasteiger partial charge < -0.3 is 10.6 Å². The van der Waals surface area contributed by atoms with Crippen LogP contribution < -0.4 is 10.6 Å². The van der Waals surface area contributed by atoms with E-state index >= 15 is 0 Å². The molecule has 2 aromatic carbocycles. The molecule has 0 unspecified atom stereocenters. The minimum absolute atomic E-state index is 0.0111. The monoisotopic (exact) mass is 459 g/mol. The highest BCUT2D eigenvalue weighted by Gasteiger charge is 2.09. The van der Waals surface area contributed by atoms with Crippen LogP contribution in [-0.2, 0) is 9.59 Å². The zero-order chi connectivity index (χ0) is 21.3. The number of unbranched alkanes of at least 4 members (excludes halogenated alkanes) is 1. The van der Waals surface area contributed by atoms with E-state index in [1.54, 1.807) is 0 Å². The Bertz CT molecular complexity index is 1010. The number of amides is 2. The smallest absolute Gasteiger partial charge is 0.236 e. The normalized spacial score (nSPS) is 10.6. The van der Waals surface area contributed by atoms with Crippen LogP contribution in [0.25, 0.3) is 11.3 Å². The summed E-state index contributed by atoms with van der Waals surface area (Å²) >= 11 is 8.71. The summed E-state index contributed by atoms with van der Waals surface area (Å²) in [5.41, 5.74) is 2.49. The maximum atomic E-state index is 12.3. The summed E-state index contributed by atoms with van der Waals surface area (Å²) < 4.78 is 0. The lowest BCUT2D eigenvalue weighted by atomic mass is 10.2. The molecule has 0 radical (unpaired) electrons. The van der Waals surface area contributed by atoms with E-state index < -0.39 is 0 Å². The molecule has 0 spiro atoms. The molecule has 2 N–H and O–H groups in total. The van der Waals surface area contributed by atoms with Crippen molar-refractivity contribution in [2.24, 2.45) is 0 Å². The molecule has 8 heteroatoms. The highest BCUT2D eigenvalue weighted by Crippen LogP contribution is 2.27. The quantitative estimate of drug-likeness (QED) is 0.367. The van der Waals surface area contributed by atoms with Crippen molar-refractivity contribution in [1.82, 2.24) is 4.98 Å². The molecule has 0 atom stereocenters. The van der Waals surface area contributed by atoms with E-state index in [1.165, 1.54) is 23.1 Å². The second-order valence-electron chi connectivity index (χ2n) is 6.56. The van der Waals surface area contributed by atoms with E-state index in [4.69, 9.17) is 11.6 Å². The average Bonchev–Trinajstić information content (AvgIpc) is 3.20. The van der Waals surface area contributed by atoms with Crippen molar-refractivity contribution < 1.29 is 9.59 Å². The number of thioether (sulfide) groups is 1. The van der Waals surface area contributed by atoms with Crippen molar-refractivity contribution in [1.29, 1.82) is 0 Å². The Morgan fingerprint density at radius 1 is 1.10 bits per heavy atom. The van der Waals surface area contributed by atoms with Crippen LogP contribution in [0.15, 0.2) is 58.8 Å². The zero-order valence-electron chi connectivity index (χ0n) is 16.5. The zero-order valence-corrected chi connectivity index (χ0v) is 18.9. The number of aromatic nitrogens is 1. The number of halogens is 1. The highest BCUT2D eigenvalue weighted by molar-refractivity contribution is 8.00. The fraction of sp³-hybridized carbons (Fsp3) is 0.227. The van der Waals surface area contributed by atoms with Crippen LogP contribution in [0.4, 0.5) is 10.8 Å². The Morgan fingerprint density at radius 2 is 1.90 bits per heavy atom. The van der Waals surface area contributed by atoms with Gasteiger partial charge in [0.15, 0.2) is 5.13 Å². The summed E-state index contributed by atoms with van der Waals surface area (Å²) in [6.07, 6.45) is 2.37. The molecule has 0 saturated carbocycles. The topological polar surface area (TPSA) is 71.1 Å². The van der Waals surface area contributed by atoms with E-state index in [2.05, 4.69) is 22.5 Å². The van der Waals surface area contributed by atoms with Gasteiger partial charge in [0.25, 0.3) is 0 Å². The molecular formula is C22H22ClN3O2S2. The third kappa shape index (κ3) is 6.86. The van der Waals surface area contributed by atoms with E-state index in [0.29, 0.717) is 16.6 Å². The molecule has 156 valence electrons. The molecule has 1 aromatic heterocycles. The van der Waals surface area contributed by atoms with Crippen molar-refractivity contribution in [3.05, 3.63) is 58.9 Å². The van der Waals surface area contributed by atoms with Gasteiger partial charge in [-0.3, -0.25) is 9.59 Å². The first kappa shape index (κ1) is 22.3. The number of anilines is 2. The molecule has 0 aliphatic rings. The third-order valence-corrected chi connectivity index (χ3v) is 6.14. The number of nitrogens with one attached hydrogen (secondary N) is 2. The van der Waals surface area contributed by atoms with E-state index in [9.17, 15) is 9.59 Å². The van der Waals surface area contributed by atoms with Crippen LogP contribution in [0.2, 0.25) is 5.02 Å². The molecule has 0 aliphatic heterocycles. The minimum Gasteiger partial charge on any atom is -0.326 e. The lowest BCUT2D eigenvalue weighted by molar-refractivity contribution is -0.116. The van der Waals surface area contributed by atoms with Gasteiger partial charge in [0.1, 0.15) is 0 Å². The maximum absolute atomic E-state index is 12.3. The van der Waals surface area contributed by atoms with Gasteiger partial charge in [0, 0.05) is 33.0 Å². The molecule has 5 nitrogen and oxygen atoms in total. The number of hydrogen-bond donors (Lipinski definition) is 2. The Balaban J connectivity index is 1.51. The summed E-state index contributed by atoms with van der Waals surface area (Å²) in [5.74, 6) is 0.134. The molecule has 0 saturated heterocycles. The number of benzene rings is 2. The maximum Gasteiger partial charge on any atom is 0.236 e. The minimum atomic E-state index is -0.130. The SMILES string of the molecule is CCCCC(=O)Nc1cccc(SCC(=O)Nc2nc(-c3ccc(Cl)cc3)cs2)c1. The molecule has 3 rings (SSSR count). The van der Waals surface area contributed by atoms with E-state index in [-0.39, 0.29) is 17.6 Å². The average molecular weight is 460 g/mol. The second kappa shape index (κ2) is 11.2. The Morgan fingerprint density at radius 3 is 2.67 bits per heavy atom. The number of nitrogens with zero attached hydrogens (tertiary/aromatic N) is 1.